The molecule has 0 saturated heterocycles. The molecule has 0 aliphatic heterocycles. The van der Waals surface area contributed by atoms with Gasteiger partial charge in [0.15, 0.2) is 11.9 Å². The first-order valence-electron chi connectivity index (χ1n) is 6.01. The first-order chi connectivity index (χ1) is 9.98. The van der Waals surface area contributed by atoms with E-state index in [1.165, 1.54) is 0 Å². The molecule has 3 unspecified atom stereocenters. The summed E-state index contributed by atoms with van der Waals surface area (Å²) in [4.78, 5) is 12.0. The molecule has 1 aromatic rings. The second kappa shape index (κ2) is 5.24. The van der Waals surface area contributed by atoms with E-state index in [1.54, 1.807) is 0 Å². The van der Waals surface area contributed by atoms with Gasteiger partial charge in [0.2, 0.25) is 0 Å². The first kappa shape index (κ1) is 16.8. The Hall–Kier alpha value is -1.61. The van der Waals surface area contributed by atoms with E-state index < -0.39 is 47.4 Å². The van der Waals surface area contributed by atoms with Crippen LogP contribution in [-0.4, -0.2) is 30.3 Å². The van der Waals surface area contributed by atoms with E-state index in [2.05, 4.69) is 4.74 Å². The highest BCUT2D eigenvalue weighted by atomic mass is 19.4. The summed E-state index contributed by atoms with van der Waals surface area (Å²) in [5, 5.41) is 9.89. The molecule has 0 spiro atoms. The molecule has 22 heavy (non-hydrogen) atoms. The smallest absolute Gasteiger partial charge is 0.388 e. The molecule has 0 saturated carbocycles. The van der Waals surface area contributed by atoms with E-state index in [0.29, 0.717) is 19.2 Å². The van der Waals surface area contributed by atoms with Gasteiger partial charge in [-0.15, -0.1) is 0 Å². The van der Waals surface area contributed by atoms with Gasteiger partial charge >= 0.3 is 12.4 Å². The number of benzene rings is 1. The SMILES string of the molecule is COC(C1C(=O)c2cc(C(F)(F)F)ccc2C1O)C(F)(F)F. The van der Waals surface area contributed by atoms with Crippen LogP contribution in [0.5, 0.6) is 0 Å². The van der Waals surface area contributed by atoms with Gasteiger partial charge in [-0.25, -0.2) is 0 Å². The molecule has 3 nitrogen and oxygen atoms in total. The summed E-state index contributed by atoms with van der Waals surface area (Å²) in [6.45, 7) is 0. The number of fused-ring (bicyclic) bond motifs is 1. The number of aliphatic hydroxyl groups excluding tert-OH is 1. The van der Waals surface area contributed by atoms with Crippen LogP contribution < -0.4 is 0 Å². The second-order valence-electron chi connectivity index (χ2n) is 4.83. The van der Waals surface area contributed by atoms with E-state index >= 15 is 0 Å². The molecule has 0 radical (unpaired) electrons. The van der Waals surface area contributed by atoms with Crippen LogP contribution in [0.2, 0.25) is 0 Å². The molecule has 0 fully saturated rings. The molecule has 9 heteroatoms. The highest BCUT2D eigenvalue weighted by molar-refractivity contribution is 6.03. The third-order valence-corrected chi connectivity index (χ3v) is 3.51. The van der Waals surface area contributed by atoms with Crippen LogP contribution in [0, 0.1) is 5.92 Å². The fourth-order valence-corrected chi connectivity index (χ4v) is 2.51. The van der Waals surface area contributed by atoms with Crippen LogP contribution >= 0.6 is 0 Å². The average molecular weight is 328 g/mol. The summed E-state index contributed by atoms with van der Waals surface area (Å²) in [5.74, 6) is -3.25. The average Bonchev–Trinajstić information content (AvgIpc) is 2.62. The number of ether oxygens (including phenoxy) is 1. The summed E-state index contributed by atoms with van der Waals surface area (Å²) in [6, 6.07) is 1.86. The normalized spacial score (nSPS) is 23.5. The number of methoxy groups -OCH3 is 1. The van der Waals surface area contributed by atoms with Gasteiger partial charge in [-0.3, -0.25) is 4.79 Å². The van der Waals surface area contributed by atoms with Gasteiger partial charge in [-0.1, -0.05) is 6.07 Å². The number of hydrogen-bond donors (Lipinski definition) is 1. The Balaban J connectivity index is 2.47. The number of alkyl halides is 6. The number of ketones is 1. The van der Waals surface area contributed by atoms with Gasteiger partial charge in [-0.2, -0.15) is 26.3 Å². The zero-order valence-electron chi connectivity index (χ0n) is 11.0. The number of halogens is 6. The van der Waals surface area contributed by atoms with Gasteiger partial charge < -0.3 is 9.84 Å². The van der Waals surface area contributed by atoms with Gasteiger partial charge in [0, 0.05) is 12.7 Å². The summed E-state index contributed by atoms with van der Waals surface area (Å²) in [5.41, 5.74) is -2.01. The number of carbonyl (C=O) groups excluding carboxylic acids is 1. The zero-order chi connectivity index (χ0) is 16.9. The van der Waals surface area contributed by atoms with Crippen molar-refractivity contribution in [3.05, 3.63) is 34.9 Å². The van der Waals surface area contributed by atoms with E-state index in [1.807, 2.05) is 0 Å². The Morgan fingerprint density at radius 3 is 2.23 bits per heavy atom. The lowest BCUT2D eigenvalue weighted by atomic mass is 9.95. The highest BCUT2D eigenvalue weighted by Gasteiger charge is 2.54. The molecule has 1 aromatic carbocycles. The minimum Gasteiger partial charge on any atom is -0.388 e. The summed E-state index contributed by atoms with van der Waals surface area (Å²) in [7, 11) is 0.711. The fourth-order valence-electron chi connectivity index (χ4n) is 2.51. The molecular formula is C13H10F6O3. The first-order valence-corrected chi connectivity index (χ1v) is 6.01. The van der Waals surface area contributed by atoms with E-state index in [0.717, 1.165) is 6.07 Å². The maximum absolute atomic E-state index is 12.8. The van der Waals surface area contributed by atoms with Gasteiger partial charge in [0.05, 0.1) is 17.6 Å². The van der Waals surface area contributed by atoms with Crippen LogP contribution in [0.25, 0.3) is 0 Å². The number of carbonyl (C=O) groups is 1. The Bertz CT molecular complexity index is 592. The molecule has 0 aromatic heterocycles. The van der Waals surface area contributed by atoms with Crippen molar-refractivity contribution in [1.29, 1.82) is 0 Å². The summed E-state index contributed by atoms with van der Waals surface area (Å²) < 4.78 is 80.6. The second-order valence-corrected chi connectivity index (χ2v) is 4.83. The van der Waals surface area contributed by atoms with Crippen molar-refractivity contribution < 1.29 is 41.0 Å². The zero-order valence-corrected chi connectivity index (χ0v) is 11.0. The van der Waals surface area contributed by atoms with Crippen molar-refractivity contribution in [3.63, 3.8) is 0 Å². The van der Waals surface area contributed by atoms with E-state index in [9.17, 15) is 36.2 Å². The van der Waals surface area contributed by atoms with Gasteiger partial charge in [-0.05, 0) is 17.7 Å². The van der Waals surface area contributed by atoms with Crippen LogP contribution in [0.1, 0.15) is 27.6 Å². The van der Waals surface area contributed by atoms with Crippen molar-refractivity contribution in [2.24, 2.45) is 5.92 Å². The molecule has 0 bridgehead atoms. The molecular weight excluding hydrogens is 318 g/mol. The van der Waals surface area contributed by atoms with Crippen LogP contribution in [-0.2, 0) is 10.9 Å². The van der Waals surface area contributed by atoms with Crippen molar-refractivity contribution in [2.45, 2.75) is 24.6 Å². The number of hydrogen-bond acceptors (Lipinski definition) is 3. The Labute approximate surface area is 120 Å². The van der Waals surface area contributed by atoms with Crippen molar-refractivity contribution in [2.75, 3.05) is 7.11 Å². The molecule has 0 amide bonds. The van der Waals surface area contributed by atoms with Crippen molar-refractivity contribution in [3.8, 4) is 0 Å². The maximum Gasteiger partial charge on any atom is 0.416 e. The van der Waals surface area contributed by atoms with Crippen molar-refractivity contribution >= 4 is 5.78 Å². The highest BCUT2D eigenvalue weighted by Crippen LogP contribution is 2.44. The molecule has 2 rings (SSSR count). The number of rotatable bonds is 2. The molecule has 1 aliphatic rings. The topological polar surface area (TPSA) is 46.5 Å². The quantitative estimate of drug-likeness (QED) is 0.849. The minimum absolute atomic E-state index is 0.269. The lowest BCUT2D eigenvalue weighted by Gasteiger charge is -2.25. The Kier molecular flexibility index (Phi) is 3.99. The standard InChI is InChI=1S/C13H10F6O3/c1-22-11(13(17,18)19)8-9(20)6-3-2-5(12(14,15)16)4-7(6)10(8)21/h2-4,8-9,11,20H,1H3. The van der Waals surface area contributed by atoms with Gasteiger partial charge in [0.1, 0.15) is 0 Å². The summed E-state index contributed by atoms with van der Waals surface area (Å²) >= 11 is 0. The Morgan fingerprint density at radius 1 is 1.18 bits per heavy atom. The predicted octanol–water partition coefficient (Wildman–Crippen LogP) is 3.13. The fraction of sp³-hybridized carbons (Fsp3) is 0.462. The lowest BCUT2D eigenvalue weighted by molar-refractivity contribution is -0.230. The molecule has 3 atom stereocenters. The number of aliphatic hydroxyl groups is 1. The third kappa shape index (κ3) is 2.70. The van der Waals surface area contributed by atoms with E-state index in [4.69, 9.17) is 0 Å². The van der Waals surface area contributed by atoms with Crippen LogP contribution in [0.3, 0.4) is 0 Å². The maximum atomic E-state index is 12.8. The largest absolute Gasteiger partial charge is 0.416 e. The minimum atomic E-state index is -4.94. The van der Waals surface area contributed by atoms with Crippen LogP contribution in [0.4, 0.5) is 26.3 Å². The van der Waals surface area contributed by atoms with Gasteiger partial charge in [0.25, 0.3) is 0 Å². The van der Waals surface area contributed by atoms with Crippen LogP contribution in [0.15, 0.2) is 18.2 Å². The summed E-state index contributed by atoms with van der Waals surface area (Å²) in [6.07, 6.45) is -14.2. The monoisotopic (exact) mass is 328 g/mol. The van der Waals surface area contributed by atoms with Crippen molar-refractivity contribution in [1.82, 2.24) is 0 Å². The molecule has 1 N–H and O–H groups in total. The predicted molar refractivity (Wildman–Crippen MR) is 61.1 cm³/mol. The Morgan fingerprint density at radius 2 is 1.77 bits per heavy atom. The lowest BCUT2D eigenvalue weighted by Crippen LogP contribution is -2.42. The number of Topliss-reactive ketones (excluding diaryl/α,β-unsaturated/α-hetero) is 1. The molecule has 1 aliphatic carbocycles. The third-order valence-electron chi connectivity index (χ3n) is 3.51. The van der Waals surface area contributed by atoms with E-state index in [-0.39, 0.29) is 5.56 Å². The molecule has 0 heterocycles. The molecule has 122 valence electrons.